The number of pyridine rings is 1. The average Bonchev–Trinajstić information content (AvgIpc) is 2.67. The number of methoxy groups -OCH3 is 1. The third-order valence-electron chi connectivity index (χ3n) is 4.85. The van der Waals surface area contributed by atoms with Crippen molar-refractivity contribution in [1.29, 1.82) is 0 Å². The van der Waals surface area contributed by atoms with E-state index in [1.54, 1.807) is 19.5 Å². The fraction of sp³-hybridized carbons (Fsp3) is 0.400. The summed E-state index contributed by atoms with van der Waals surface area (Å²) in [7, 11) is 1.65. The molecule has 6 nitrogen and oxygen atoms in total. The van der Waals surface area contributed by atoms with Crippen molar-refractivity contribution >= 4 is 17.3 Å². The van der Waals surface area contributed by atoms with Crippen LogP contribution in [0, 0.1) is 13.8 Å². The van der Waals surface area contributed by atoms with Crippen LogP contribution in [0.1, 0.15) is 11.1 Å². The second-order valence-electron chi connectivity index (χ2n) is 6.54. The molecule has 2 heterocycles. The van der Waals surface area contributed by atoms with E-state index >= 15 is 0 Å². The van der Waals surface area contributed by atoms with E-state index < -0.39 is 0 Å². The minimum absolute atomic E-state index is 0.133. The second-order valence-corrected chi connectivity index (χ2v) is 6.54. The van der Waals surface area contributed by atoms with Gasteiger partial charge in [-0.15, -0.1) is 0 Å². The van der Waals surface area contributed by atoms with Crippen LogP contribution in [0.4, 0.5) is 11.4 Å². The van der Waals surface area contributed by atoms with Gasteiger partial charge in [0.15, 0.2) is 5.75 Å². The number of piperazine rings is 1. The van der Waals surface area contributed by atoms with Crippen LogP contribution in [0.5, 0.6) is 5.75 Å². The van der Waals surface area contributed by atoms with Crippen LogP contribution in [0.25, 0.3) is 0 Å². The highest BCUT2D eigenvalue weighted by Gasteiger charge is 2.23. The first kappa shape index (κ1) is 18.0. The number of amides is 1. The quantitative estimate of drug-likeness (QED) is 0.894. The fourth-order valence-corrected chi connectivity index (χ4v) is 3.36. The fourth-order valence-electron chi connectivity index (χ4n) is 3.36. The highest BCUT2D eigenvalue weighted by molar-refractivity contribution is 5.81. The molecule has 2 aromatic rings. The minimum Gasteiger partial charge on any atom is -0.493 e. The van der Waals surface area contributed by atoms with E-state index in [-0.39, 0.29) is 5.91 Å². The number of nitrogens with one attached hydrogen (secondary N) is 1. The summed E-state index contributed by atoms with van der Waals surface area (Å²) in [5.74, 6) is 0.901. The van der Waals surface area contributed by atoms with Crippen LogP contribution < -0.4 is 15.0 Å². The molecule has 1 aromatic heterocycles. The number of anilines is 2. The van der Waals surface area contributed by atoms with Crippen LogP contribution in [0.15, 0.2) is 36.7 Å². The van der Waals surface area contributed by atoms with Gasteiger partial charge in [0.25, 0.3) is 0 Å². The van der Waals surface area contributed by atoms with Gasteiger partial charge in [-0.25, -0.2) is 0 Å². The lowest BCUT2D eigenvalue weighted by molar-refractivity contribution is -0.129. The predicted octanol–water partition coefficient (Wildman–Crippen LogP) is 2.47. The zero-order chi connectivity index (χ0) is 18.5. The summed E-state index contributed by atoms with van der Waals surface area (Å²) in [6.07, 6.45) is 3.49. The van der Waals surface area contributed by atoms with E-state index in [0.717, 1.165) is 41.3 Å². The van der Waals surface area contributed by atoms with Gasteiger partial charge >= 0.3 is 0 Å². The monoisotopic (exact) mass is 354 g/mol. The molecule has 6 heteroatoms. The molecule has 0 radical (unpaired) electrons. The molecule has 1 aliphatic heterocycles. The Labute approximate surface area is 154 Å². The van der Waals surface area contributed by atoms with Crippen molar-refractivity contribution in [2.75, 3.05) is 50.1 Å². The van der Waals surface area contributed by atoms with Crippen LogP contribution in [-0.4, -0.2) is 55.6 Å². The lowest BCUT2D eigenvalue weighted by Crippen LogP contribution is -2.50. The van der Waals surface area contributed by atoms with Gasteiger partial charge in [-0.3, -0.25) is 9.78 Å². The summed E-state index contributed by atoms with van der Waals surface area (Å²) in [4.78, 5) is 20.8. The van der Waals surface area contributed by atoms with Gasteiger partial charge in [0.05, 0.1) is 25.5 Å². The average molecular weight is 354 g/mol. The summed E-state index contributed by atoms with van der Waals surface area (Å²) in [5.41, 5.74) is 4.41. The number of hydrogen-bond acceptors (Lipinski definition) is 5. The Bertz CT molecular complexity index is 750. The lowest BCUT2D eigenvalue weighted by Gasteiger charge is -2.36. The smallest absolute Gasteiger partial charge is 0.241 e. The van der Waals surface area contributed by atoms with E-state index in [9.17, 15) is 4.79 Å². The second kappa shape index (κ2) is 8.08. The first-order valence-corrected chi connectivity index (χ1v) is 8.91. The van der Waals surface area contributed by atoms with E-state index in [2.05, 4.69) is 41.2 Å². The zero-order valence-corrected chi connectivity index (χ0v) is 15.7. The largest absolute Gasteiger partial charge is 0.493 e. The molecule has 0 atom stereocenters. The van der Waals surface area contributed by atoms with E-state index in [1.807, 2.05) is 17.0 Å². The number of carbonyl (C=O) groups is 1. The summed E-state index contributed by atoms with van der Waals surface area (Å²) >= 11 is 0. The summed E-state index contributed by atoms with van der Waals surface area (Å²) in [6.45, 7) is 7.42. The molecule has 0 unspecified atom stereocenters. The van der Waals surface area contributed by atoms with E-state index in [0.29, 0.717) is 19.6 Å². The Balaban J connectivity index is 1.55. The number of benzene rings is 1. The molecule has 1 aliphatic rings. The molecule has 1 amide bonds. The Morgan fingerprint density at radius 2 is 1.85 bits per heavy atom. The molecule has 1 fully saturated rings. The Hall–Kier alpha value is -2.76. The summed E-state index contributed by atoms with van der Waals surface area (Å²) < 4.78 is 5.39. The Morgan fingerprint density at radius 1 is 1.15 bits per heavy atom. The lowest BCUT2D eigenvalue weighted by atomic mass is 10.1. The maximum absolute atomic E-state index is 12.6. The topological polar surface area (TPSA) is 57.7 Å². The summed E-state index contributed by atoms with van der Waals surface area (Å²) in [5, 5.41) is 3.31. The number of para-hydroxylation sites is 1. The highest BCUT2D eigenvalue weighted by Crippen LogP contribution is 2.27. The zero-order valence-electron chi connectivity index (χ0n) is 15.7. The van der Waals surface area contributed by atoms with Crippen molar-refractivity contribution in [3.63, 3.8) is 0 Å². The number of nitrogens with zero attached hydrogens (tertiary/aromatic N) is 3. The first-order chi connectivity index (χ1) is 12.6. The Morgan fingerprint density at radius 3 is 2.50 bits per heavy atom. The van der Waals surface area contributed by atoms with Gasteiger partial charge in [0, 0.05) is 38.1 Å². The first-order valence-electron chi connectivity index (χ1n) is 8.91. The van der Waals surface area contributed by atoms with Crippen molar-refractivity contribution in [2.24, 2.45) is 0 Å². The minimum atomic E-state index is 0.133. The van der Waals surface area contributed by atoms with Gasteiger partial charge in [-0.1, -0.05) is 18.2 Å². The number of hydrogen-bond donors (Lipinski definition) is 1. The molecular weight excluding hydrogens is 328 g/mol. The molecule has 26 heavy (non-hydrogen) atoms. The standard InChI is InChI=1S/C20H26N4O2/c1-15-5-4-6-16(2)20(15)22-14-19(25)24-11-9-23(10-12-24)17-7-8-21-13-18(17)26-3/h4-8,13,22H,9-12,14H2,1-3H3. The van der Waals surface area contributed by atoms with Crippen LogP contribution >= 0.6 is 0 Å². The van der Waals surface area contributed by atoms with Gasteiger partial charge in [-0.2, -0.15) is 0 Å². The van der Waals surface area contributed by atoms with Gasteiger partial charge in [-0.05, 0) is 31.0 Å². The number of aromatic nitrogens is 1. The van der Waals surface area contributed by atoms with Crippen molar-refractivity contribution in [3.8, 4) is 5.75 Å². The highest BCUT2D eigenvalue weighted by atomic mass is 16.5. The van der Waals surface area contributed by atoms with Crippen molar-refractivity contribution < 1.29 is 9.53 Å². The number of aryl methyl sites for hydroxylation is 2. The summed E-state index contributed by atoms with van der Waals surface area (Å²) in [6, 6.07) is 8.10. The van der Waals surface area contributed by atoms with Crippen LogP contribution in [0.2, 0.25) is 0 Å². The molecule has 0 spiro atoms. The maximum Gasteiger partial charge on any atom is 0.241 e. The molecule has 0 aliphatic carbocycles. The van der Waals surface area contributed by atoms with E-state index in [4.69, 9.17) is 4.74 Å². The van der Waals surface area contributed by atoms with Crippen LogP contribution in [-0.2, 0) is 4.79 Å². The number of ether oxygens (including phenoxy) is 1. The molecular formula is C20H26N4O2. The predicted molar refractivity (Wildman–Crippen MR) is 104 cm³/mol. The van der Waals surface area contributed by atoms with E-state index in [1.165, 1.54) is 0 Å². The molecule has 138 valence electrons. The van der Waals surface area contributed by atoms with Crippen molar-refractivity contribution in [3.05, 3.63) is 47.8 Å². The third kappa shape index (κ3) is 3.90. The van der Waals surface area contributed by atoms with Gasteiger partial charge < -0.3 is 19.9 Å². The Kier molecular flexibility index (Phi) is 5.61. The van der Waals surface area contributed by atoms with Crippen LogP contribution in [0.3, 0.4) is 0 Å². The third-order valence-corrected chi connectivity index (χ3v) is 4.85. The molecule has 1 N–H and O–H groups in total. The number of carbonyl (C=O) groups excluding carboxylic acids is 1. The molecule has 1 saturated heterocycles. The molecule has 0 saturated carbocycles. The van der Waals surface area contributed by atoms with Gasteiger partial charge in [0.2, 0.25) is 5.91 Å². The molecule has 3 rings (SSSR count). The molecule has 1 aromatic carbocycles. The van der Waals surface area contributed by atoms with Gasteiger partial charge in [0.1, 0.15) is 0 Å². The normalized spacial score (nSPS) is 14.3. The van der Waals surface area contributed by atoms with Crippen molar-refractivity contribution in [2.45, 2.75) is 13.8 Å². The SMILES string of the molecule is COc1cnccc1N1CCN(C(=O)CNc2c(C)cccc2C)CC1. The molecule has 0 bridgehead atoms. The van der Waals surface area contributed by atoms with Crippen molar-refractivity contribution in [1.82, 2.24) is 9.88 Å². The maximum atomic E-state index is 12.6. The number of rotatable bonds is 5.